The molecule has 0 spiro atoms. The maximum atomic E-state index is 9.02. The molecule has 18 heavy (non-hydrogen) atoms. The molecule has 1 aromatic carbocycles. The molecule has 2 aromatic rings. The van der Waals surface area contributed by atoms with Crippen LogP contribution in [0.25, 0.3) is 10.1 Å². The second-order valence-electron chi connectivity index (χ2n) is 3.97. The molecular weight excluding hydrogens is 334 g/mol. The number of fused-ring (bicyclic) bond motifs is 1. The fourth-order valence-electron chi connectivity index (χ4n) is 1.96. The predicted molar refractivity (Wildman–Crippen MR) is 77.6 cm³/mol. The first-order chi connectivity index (χ1) is 8.26. The molecule has 1 N–H and O–H groups in total. The van der Waals surface area contributed by atoms with Crippen LogP contribution in [0.5, 0.6) is 0 Å². The Bertz CT molecular complexity index is 503. The number of benzene rings is 1. The molecule has 0 radical (unpaired) electrons. The molecule has 100 valence electrons. The van der Waals surface area contributed by atoms with Crippen LogP contribution in [0, 0.1) is 0 Å². The number of likely N-dealkylation sites (N-methyl/N-ethyl adjacent to an activating group) is 1. The van der Waals surface area contributed by atoms with Gasteiger partial charge in [-0.2, -0.15) is 0 Å². The van der Waals surface area contributed by atoms with Gasteiger partial charge >= 0.3 is 0 Å². The van der Waals surface area contributed by atoms with E-state index in [2.05, 4.69) is 51.3 Å². The van der Waals surface area contributed by atoms with E-state index in [1.54, 1.807) is 11.3 Å². The molecule has 1 aromatic heterocycles. The monoisotopic (exact) mass is 348 g/mol. The summed E-state index contributed by atoms with van der Waals surface area (Å²) in [7, 11) is 0. The van der Waals surface area contributed by atoms with Crippen LogP contribution in [-0.4, -0.2) is 29.7 Å². The zero-order valence-electron chi connectivity index (χ0n) is 10.2. The van der Waals surface area contributed by atoms with E-state index in [1.165, 1.54) is 15.6 Å². The summed E-state index contributed by atoms with van der Waals surface area (Å²) in [5.41, 5.74) is 1.34. The Kier molecular flexibility index (Phi) is 6.60. The third-order valence-electron chi connectivity index (χ3n) is 2.88. The zero-order chi connectivity index (χ0) is 12.3. The Labute approximate surface area is 126 Å². The molecule has 0 bridgehead atoms. The number of aliphatic hydroxyl groups excluding tert-OH is 1. The lowest BCUT2D eigenvalue weighted by molar-refractivity contribution is -0.00000445. The summed E-state index contributed by atoms with van der Waals surface area (Å²) in [5, 5.41) is 12.5. The highest BCUT2D eigenvalue weighted by Crippen LogP contribution is 2.32. The van der Waals surface area contributed by atoms with Crippen LogP contribution in [0.15, 0.2) is 28.1 Å². The fourth-order valence-corrected chi connectivity index (χ4v) is 3.69. The summed E-state index contributed by atoms with van der Waals surface area (Å²) in [4.78, 5) is 2.25. The normalized spacial score (nSPS) is 10.9. The lowest BCUT2D eigenvalue weighted by Crippen LogP contribution is -3.00. The third-order valence-corrected chi connectivity index (χ3v) is 4.54. The topological polar surface area (TPSA) is 23.5 Å². The first-order valence-corrected chi connectivity index (χ1v) is 7.41. The third kappa shape index (κ3) is 3.45. The summed E-state index contributed by atoms with van der Waals surface area (Å²) in [5.74, 6) is 0. The Morgan fingerprint density at radius 1 is 1.39 bits per heavy atom. The fraction of sp³-hybridized carbons (Fsp3) is 0.385. The number of thiophene rings is 1. The van der Waals surface area contributed by atoms with Gasteiger partial charge < -0.3 is 17.5 Å². The molecule has 0 saturated carbocycles. The van der Waals surface area contributed by atoms with Crippen molar-refractivity contribution in [2.45, 2.75) is 13.5 Å². The van der Waals surface area contributed by atoms with E-state index in [0.717, 1.165) is 24.1 Å². The first kappa shape index (κ1) is 15.9. The van der Waals surface area contributed by atoms with Gasteiger partial charge in [0.15, 0.2) is 0 Å². The first-order valence-electron chi connectivity index (χ1n) is 5.74. The standard InChI is InChI=1S/C13H16BrNOS.ClH/c1-2-15(6-7-16)8-10-9-17-12-5-3-4-11(14)13(10)12;/h3-5,9,16H,2,6-8H2,1H3;1H/p-1. The highest BCUT2D eigenvalue weighted by molar-refractivity contribution is 9.10. The Morgan fingerprint density at radius 2 is 2.17 bits per heavy atom. The van der Waals surface area contributed by atoms with Gasteiger partial charge in [-0.15, -0.1) is 11.3 Å². The molecule has 0 amide bonds. The quantitative estimate of drug-likeness (QED) is 0.849. The van der Waals surface area contributed by atoms with Crippen LogP contribution in [0.2, 0.25) is 0 Å². The molecule has 1 heterocycles. The van der Waals surface area contributed by atoms with Crippen LogP contribution in [0.4, 0.5) is 0 Å². The van der Waals surface area contributed by atoms with Gasteiger partial charge in [-0.3, -0.25) is 4.90 Å². The van der Waals surface area contributed by atoms with Crippen molar-refractivity contribution in [2.75, 3.05) is 19.7 Å². The molecule has 0 fully saturated rings. The van der Waals surface area contributed by atoms with E-state index < -0.39 is 0 Å². The van der Waals surface area contributed by atoms with Crippen LogP contribution in [0.1, 0.15) is 12.5 Å². The van der Waals surface area contributed by atoms with Crippen LogP contribution < -0.4 is 12.4 Å². The molecular formula is C13H16BrClNOS-. The number of nitrogens with zero attached hydrogens (tertiary/aromatic N) is 1. The molecule has 0 atom stereocenters. The Balaban J connectivity index is 0.00000162. The van der Waals surface area contributed by atoms with E-state index in [1.807, 2.05) is 0 Å². The second-order valence-corrected chi connectivity index (χ2v) is 5.73. The van der Waals surface area contributed by atoms with Gasteiger partial charge in [-0.1, -0.05) is 28.9 Å². The van der Waals surface area contributed by atoms with Crippen molar-refractivity contribution in [3.63, 3.8) is 0 Å². The van der Waals surface area contributed by atoms with Crippen LogP contribution in [-0.2, 0) is 6.54 Å². The lowest BCUT2D eigenvalue weighted by Gasteiger charge is -2.18. The van der Waals surface area contributed by atoms with Gasteiger partial charge in [0.1, 0.15) is 0 Å². The number of hydrogen-bond donors (Lipinski definition) is 1. The minimum atomic E-state index is 0. The highest BCUT2D eigenvalue weighted by atomic mass is 79.9. The van der Waals surface area contributed by atoms with Gasteiger partial charge in [0.2, 0.25) is 0 Å². The van der Waals surface area contributed by atoms with Gasteiger partial charge in [0.25, 0.3) is 0 Å². The molecule has 2 rings (SSSR count). The summed E-state index contributed by atoms with van der Waals surface area (Å²) < 4.78 is 2.47. The van der Waals surface area contributed by atoms with Gasteiger partial charge in [-0.05, 0) is 29.6 Å². The van der Waals surface area contributed by atoms with Crippen molar-refractivity contribution in [1.29, 1.82) is 0 Å². The number of hydrogen-bond acceptors (Lipinski definition) is 3. The largest absolute Gasteiger partial charge is 1.00 e. The maximum absolute atomic E-state index is 9.02. The van der Waals surface area contributed by atoms with Crippen molar-refractivity contribution in [3.8, 4) is 0 Å². The Morgan fingerprint density at radius 3 is 2.83 bits per heavy atom. The van der Waals surface area contributed by atoms with Gasteiger partial charge in [0.05, 0.1) is 6.61 Å². The van der Waals surface area contributed by atoms with Crippen molar-refractivity contribution in [2.24, 2.45) is 0 Å². The van der Waals surface area contributed by atoms with E-state index >= 15 is 0 Å². The van der Waals surface area contributed by atoms with Gasteiger partial charge in [0, 0.05) is 27.6 Å². The van der Waals surface area contributed by atoms with Crippen molar-refractivity contribution in [1.82, 2.24) is 4.90 Å². The summed E-state index contributed by atoms with van der Waals surface area (Å²) in [6.45, 7) is 4.94. The van der Waals surface area contributed by atoms with Crippen molar-refractivity contribution >= 4 is 37.4 Å². The van der Waals surface area contributed by atoms with E-state index in [-0.39, 0.29) is 19.0 Å². The summed E-state index contributed by atoms with van der Waals surface area (Å²) in [6.07, 6.45) is 0. The molecule has 0 aliphatic rings. The summed E-state index contributed by atoms with van der Waals surface area (Å²) in [6, 6.07) is 6.30. The maximum Gasteiger partial charge on any atom is 0.0558 e. The number of halogens is 2. The SMILES string of the molecule is CCN(CCO)Cc1csc2cccc(Br)c12.[Cl-]. The molecule has 2 nitrogen and oxygen atoms in total. The smallest absolute Gasteiger partial charge is 0.0558 e. The lowest BCUT2D eigenvalue weighted by atomic mass is 10.1. The molecule has 0 saturated heterocycles. The van der Waals surface area contributed by atoms with Crippen molar-refractivity contribution < 1.29 is 17.5 Å². The molecule has 0 aliphatic heterocycles. The summed E-state index contributed by atoms with van der Waals surface area (Å²) >= 11 is 5.40. The molecule has 0 aliphatic carbocycles. The van der Waals surface area contributed by atoms with E-state index in [0.29, 0.717) is 0 Å². The second kappa shape index (κ2) is 7.46. The zero-order valence-corrected chi connectivity index (χ0v) is 13.4. The average molecular weight is 350 g/mol. The molecule has 5 heteroatoms. The minimum absolute atomic E-state index is 0. The van der Waals surface area contributed by atoms with Crippen LogP contribution in [0.3, 0.4) is 0 Å². The number of aliphatic hydroxyl groups is 1. The average Bonchev–Trinajstić information content (AvgIpc) is 2.73. The number of rotatable bonds is 5. The van der Waals surface area contributed by atoms with E-state index in [9.17, 15) is 0 Å². The van der Waals surface area contributed by atoms with Gasteiger partial charge in [-0.25, -0.2) is 0 Å². The predicted octanol–water partition coefficient (Wildman–Crippen LogP) is 0.482. The van der Waals surface area contributed by atoms with Crippen molar-refractivity contribution in [3.05, 3.63) is 33.6 Å². The highest BCUT2D eigenvalue weighted by Gasteiger charge is 2.10. The molecule has 0 unspecified atom stereocenters. The van der Waals surface area contributed by atoms with E-state index in [4.69, 9.17) is 5.11 Å². The minimum Gasteiger partial charge on any atom is -1.00 e. The Hall–Kier alpha value is -0.130. The van der Waals surface area contributed by atoms with Crippen LogP contribution >= 0.6 is 27.3 Å².